The van der Waals surface area contributed by atoms with E-state index in [0.717, 1.165) is 5.11 Å². The molecule has 16 heavy (non-hydrogen) atoms. The van der Waals surface area contributed by atoms with Gasteiger partial charge in [0.25, 0.3) is 0 Å². The van der Waals surface area contributed by atoms with Crippen LogP contribution in [0.5, 0.6) is 0 Å². The Bertz CT molecular complexity index is 257. The fraction of sp³-hybridized carbons (Fsp3) is 0.923. The third-order valence-electron chi connectivity index (χ3n) is 4.25. The highest BCUT2D eigenvalue weighted by atomic mass is 32.1. The zero-order valence-corrected chi connectivity index (χ0v) is 11.3. The first-order valence-corrected chi connectivity index (χ1v) is 7.06. The monoisotopic (exact) mass is 240 g/mol. The molecule has 0 spiro atoms. The van der Waals surface area contributed by atoms with Crippen LogP contribution < -0.4 is 10.6 Å². The van der Waals surface area contributed by atoms with Crippen molar-refractivity contribution in [3.63, 3.8) is 0 Å². The molecule has 0 bridgehead atoms. The molecule has 1 unspecified atom stereocenters. The van der Waals surface area contributed by atoms with Gasteiger partial charge in [-0.2, -0.15) is 0 Å². The molecule has 3 heteroatoms. The van der Waals surface area contributed by atoms with Crippen LogP contribution in [0.25, 0.3) is 0 Å². The Hall–Kier alpha value is -0.310. The molecule has 0 aromatic heterocycles. The van der Waals surface area contributed by atoms with Crippen LogP contribution in [0.15, 0.2) is 0 Å². The lowest BCUT2D eigenvalue weighted by molar-refractivity contribution is 0.310. The molecule has 0 aromatic carbocycles. The van der Waals surface area contributed by atoms with Gasteiger partial charge in [0.1, 0.15) is 0 Å². The zero-order chi connectivity index (χ0) is 11.6. The highest BCUT2D eigenvalue weighted by Gasteiger charge is 2.34. The second-order valence-corrected chi connectivity index (χ2v) is 6.44. The summed E-state index contributed by atoms with van der Waals surface area (Å²) in [6.07, 6.45) is 9.20. The summed E-state index contributed by atoms with van der Waals surface area (Å²) in [7, 11) is 0. The van der Waals surface area contributed by atoms with E-state index in [0.29, 0.717) is 17.5 Å². The Morgan fingerprint density at radius 2 is 1.75 bits per heavy atom. The molecule has 2 aliphatic rings. The van der Waals surface area contributed by atoms with Gasteiger partial charge in [-0.15, -0.1) is 0 Å². The topological polar surface area (TPSA) is 24.1 Å². The van der Waals surface area contributed by atoms with Crippen molar-refractivity contribution >= 4 is 17.3 Å². The summed E-state index contributed by atoms with van der Waals surface area (Å²) in [5.41, 5.74) is 0.404. The van der Waals surface area contributed by atoms with Gasteiger partial charge < -0.3 is 10.6 Å². The summed E-state index contributed by atoms with van der Waals surface area (Å²) in [5.74, 6) is 0. The minimum atomic E-state index is 0.404. The van der Waals surface area contributed by atoms with E-state index in [9.17, 15) is 0 Å². The largest absolute Gasteiger partial charge is 0.360 e. The second kappa shape index (κ2) is 4.91. The Labute approximate surface area is 105 Å². The number of hydrogen-bond donors (Lipinski definition) is 2. The van der Waals surface area contributed by atoms with E-state index in [4.69, 9.17) is 12.2 Å². The minimum Gasteiger partial charge on any atom is -0.360 e. The summed E-state index contributed by atoms with van der Waals surface area (Å²) in [6, 6.07) is 1.19. The molecule has 0 saturated heterocycles. The van der Waals surface area contributed by atoms with Crippen LogP contribution in [0.3, 0.4) is 0 Å². The fourth-order valence-corrected chi connectivity index (χ4v) is 3.36. The molecule has 1 atom stereocenters. The zero-order valence-electron chi connectivity index (χ0n) is 10.5. The van der Waals surface area contributed by atoms with Crippen LogP contribution in [-0.4, -0.2) is 17.2 Å². The first kappa shape index (κ1) is 12.2. The van der Waals surface area contributed by atoms with Crippen LogP contribution in [0.1, 0.15) is 58.8 Å². The Balaban J connectivity index is 1.78. The molecule has 0 amide bonds. The molecule has 2 aliphatic carbocycles. The van der Waals surface area contributed by atoms with Gasteiger partial charge in [-0.25, -0.2) is 0 Å². The van der Waals surface area contributed by atoms with Gasteiger partial charge in [-0.3, -0.25) is 0 Å². The average molecular weight is 240 g/mol. The van der Waals surface area contributed by atoms with Crippen molar-refractivity contribution in [2.45, 2.75) is 70.9 Å². The maximum absolute atomic E-state index is 5.41. The Morgan fingerprint density at radius 1 is 1.06 bits per heavy atom. The normalized spacial score (nSPS) is 29.2. The van der Waals surface area contributed by atoms with Gasteiger partial charge in [0, 0.05) is 12.1 Å². The van der Waals surface area contributed by atoms with Gasteiger partial charge in [-0.05, 0) is 43.3 Å². The molecule has 2 rings (SSSR count). The number of rotatable bonds is 2. The number of thiocarbonyl (C=S) groups is 1. The lowest BCUT2D eigenvalue weighted by atomic mass is 9.87. The highest BCUT2D eigenvalue weighted by molar-refractivity contribution is 7.80. The van der Waals surface area contributed by atoms with Crippen molar-refractivity contribution in [1.82, 2.24) is 10.6 Å². The van der Waals surface area contributed by atoms with Gasteiger partial charge in [-0.1, -0.05) is 33.1 Å². The molecule has 0 aliphatic heterocycles. The third-order valence-corrected chi connectivity index (χ3v) is 4.49. The summed E-state index contributed by atoms with van der Waals surface area (Å²) in [4.78, 5) is 0. The molecule has 92 valence electrons. The van der Waals surface area contributed by atoms with E-state index in [-0.39, 0.29) is 0 Å². The maximum Gasteiger partial charge on any atom is 0.166 e. The summed E-state index contributed by atoms with van der Waals surface area (Å²) < 4.78 is 0. The lowest BCUT2D eigenvalue weighted by Gasteiger charge is -2.29. The summed E-state index contributed by atoms with van der Waals surface area (Å²) in [5, 5.41) is 7.86. The smallest absolute Gasteiger partial charge is 0.166 e. The highest BCUT2D eigenvalue weighted by Crippen LogP contribution is 2.37. The predicted octanol–water partition coefficient (Wildman–Crippen LogP) is 2.97. The van der Waals surface area contributed by atoms with Crippen molar-refractivity contribution in [2.75, 3.05) is 0 Å². The van der Waals surface area contributed by atoms with Gasteiger partial charge in [0.15, 0.2) is 5.11 Å². The number of hydrogen-bond acceptors (Lipinski definition) is 1. The Kier molecular flexibility index (Phi) is 3.73. The summed E-state index contributed by atoms with van der Waals surface area (Å²) >= 11 is 5.41. The SMILES string of the molecule is CC1(C)CCCC1NC(=S)NC1CCCC1. The predicted molar refractivity (Wildman–Crippen MR) is 72.5 cm³/mol. The van der Waals surface area contributed by atoms with Crippen molar-refractivity contribution in [1.29, 1.82) is 0 Å². The minimum absolute atomic E-state index is 0.404. The van der Waals surface area contributed by atoms with Crippen molar-refractivity contribution in [2.24, 2.45) is 5.41 Å². The second-order valence-electron chi connectivity index (χ2n) is 6.03. The van der Waals surface area contributed by atoms with Crippen LogP contribution >= 0.6 is 12.2 Å². The van der Waals surface area contributed by atoms with E-state index in [1.54, 1.807) is 0 Å². The van der Waals surface area contributed by atoms with Crippen molar-refractivity contribution < 1.29 is 0 Å². The van der Waals surface area contributed by atoms with Crippen molar-refractivity contribution in [3.05, 3.63) is 0 Å². The fourth-order valence-electron chi connectivity index (χ4n) is 3.05. The standard InChI is InChI=1S/C13H24N2S/c1-13(2)9-5-8-11(13)15-12(16)14-10-6-3-4-7-10/h10-11H,3-9H2,1-2H3,(H2,14,15,16). The first-order valence-electron chi connectivity index (χ1n) is 6.65. The van der Waals surface area contributed by atoms with Crippen LogP contribution in [-0.2, 0) is 0 Å². The lowest BCUT2D eigenvalue weighted by Crippen LogP contribution is -2.48. The molecule has 0 radical (unpaired) electrons. The van der Waals surface area contributed by atoms with E-state index >= 15 is 0 Å². The summed E-state index contributed by atoms with van der Waals surface area (Å²) in [6.45, 7) is 4.69. The van der Waals surface area contributed by atoms with Gasteiger partial charge in [0.05, 0.1) is 0 Å². The van der Waals surface area contributed by atoms with E-state index in [1.165, 1.54) is 44.9 Å². The molecule has 0 aromatic rings. The molecule has 0 heterocycles. The average Bonchev–Trinajstić information content (AvgIpc) is 2.78. The Morgan fingerprint density at radius 3 is 2.31 bits per heavy atom. The van der Waals surface area contributed by atoms with Crippen LogP contribution in [0.2, 0.25) is 0 Å². The molecular weight excluding hydrogens is 216 g/mol. The van der Waals surface area contributed by atoms with E-state index in [1.807, 2.05) is 0 Å². The molecular formula is C13H24N2S. The first-order chi connectivity index (χ1) is 7.58. The van der Waals surface area contributed by atoms with Gasteiger partial charge >= 0.3 is 0 Å². The van der Waals surface area contributed by atoms with E-state index in [2.05, 4.69) is 24.5 Å². The van der Waals surface area contributed by atoms with Crippen molar-refractivity contribution in [3.8, 4) is 0 Å². The number of nitrogens with one attached hydrogen (secondary N) is 2. The molecule has 2 fully saturated rings. The quantitative estimate of drug-likeness (QED) is 0.726. The van der Waals surface area contributed by atoms with Gasteiger partial charge in [0.2, 0.25) is 0 Å². The molecule has 2 saturated carbocycles. The van der Waals surface area contributed by atoms with Crippen LogP contribution in [0, 0.1) is 5.41 Å². The molecule has 2 N–H and O–H groups in total. The third kappa shape index (κ3) is 2.88. The maximum atomic E-state index is 5.41. The van der Waals surface area contributed by atoms with E-state index < -0.39 is 0 Å². The van der Waals surface area contributed by atoms with Crippen LogP contribution in [0.4, 0.5) is 0 Å². The molecule has 2 nitrogen and oxygen atoms in total.